The topological polar surface area (TPSA) is 158 Å². The van der Waals surface area contributed by atoms with E-state index in [1.165, 1.54) is 0 Å². The van der Waals surface area contributed by atoms with Crippen molar-refractivity contribution in [1.82, 2.24) is 10.3 Å². The minimum atomic E-state index is -0.733. The van der Waals surface area contributed by atoms with Gasteiger partial charge in [0, 0.05) is 11.6 Å². The molecule has 0 spiro atoms. The third kappa shape index (κ3) is 4.16. The van der Waals surface area contributed by atoms with Crippen LogP contribution < -0.4 is 26.8 Å². The highest BCUT2D eigenvalue weighted by Gasteiger charge is 2.29. The fraction of sp³-hybridized carbons (Fsp3) is 0.0909. The lowest BCUT2D eigenvalue weighted by molar-refractivity contribution is 0.288. The third-order valence-electron chi connectivity index (χ3n) is 4.91. The van der Waals surface area contributed by atoms with Crippen molar-refractivity contribution in [3.8, 4) is 18.0 Å². The Labute approximate surface area is 186 Å². The highest BCUT2D eigenvalue weighted by molar-refractivity contribution is 5.98. The third-order valence-corrected chi connectivity index (χ3v) is 4.91. The van der Waals surface area contributed by atoms with Gasteiger partial charge >= 0.3 is 0 Å². The maximum Gasteiger partial charge on any atom is 0.211 e. The van der Waals surface area contributed by atoms with Crippen LogP contribution in [-0.2, 0) is 6.61 Å². The van der Waals surface area contributed by atoms with E-state index in [0.29, 0.717) is 16.7 Å². The van der Waals surface area contributed by atoms with Crippen LogP contribution in [0.4, 0.5) is 26.1 Å². The molecule has 0 aliphatic carbocycles. The van der Waals surface area contributed by atoms with E-state index in [2.05, 4.69) is 20.6 Å². The van der Waals surface area contributed by atoms with Crippen molar-refractivity contribution in [3.63, 3.8) is 0 Å². The number of nitrogens with one attached hydrogen (secondary N) is 2. The Balaban J connectivity index is 1.72. The molecule has 2 aromatic carbocycles. The maximum atomic E-state index is 13.9. The number of hydrogen-bond acceptors (Lipinski definition) is 9. The number of aromatic nitrogens is 1. The minimum absolute atomic E-state index is 0.0218. The second kappa shape index (κ2) is 8.69. The summed E-state index contributed by atoms with van der Waals surface area (Å²) in [6.07, 6.45) is 1.78. The van der Waals surface area contributed by atoms with Gasteiger partial charge in [-0.3, -0.25) is 5.32 Å². The normalized spacial score (nSPS) is 14.2. The van der Waals surface area contributed by atoms with Gasteiger partial charge in [0.2, 0.25) is 5.96 Å². The van der Waals surface area contributed by atoms with E-state index in [9.17, 15) is 14.0 Å². The quantitative estimate of drug-likeness (QED) is 0.352. The highest BCUT2D eigenvalue weighted by Crippen LogP contribution is 2.40. The van der Waals surface area contributed by atoms with Gasteiger partial charge in [-0.15, -0.1) is 0 Å². The first-order chi connectivity index (χ1) is 15.9. The van der Waals surface area contributed by atoms with Crippen LogP contribution >= 0.6 is 0 Å². The van der Waals surface area contributed by atoms with Gasteiger partial charge in [-0.1, -0.05) is 18.2 Å². The predicted molar refractivity (Wildman–Crippen MR) is 117 cm³/mol. The zero-order chi connectivity index (χ0) is 23.5. The molecule has 3 aromatic rings. The monoisotopic (exact) mass is 446 g/mol. The van der Waals surface area contributed by atoms with Crippen molar-refractivity contribution >= 4 is 23.3 Å². The SMILES string of the molecule is N#CNC1=NC(c2cccc(COc3cc(F)ccc3F)c2)c2c(nc(N)c(C#N)c2N)N1. The average Bonchev–Trinajstić information content (AvgIpc) is 2.79. The van der Waals surface area contributed by atoms with Crippen LogP contribution in [0.25, 0.3) is 0 Å². The fourth-order valence-electron chi connectivity index (χ4n) is 3.42. The summed E-state index contributed by atoms with van der Waals surface area (Å²) in [4.78, 5) is 8.69. The molecule has 0 saturated heterocycles. The molecule has 0 fully saturated rings. The number of rotatable bonds is 4. The molecule has 0 saturated carbocycles. The van der Waals surface area contributed by atoms with Crippen LogP contribution in [0.15, 0.2) is 47.5 Å². The highest BCUT2D eigenvalue weighted by atomic mass is 19.1. The summed E-state index contributed by atoms with van der Waals surface area (Å²) in [5.41, 5.74) is 13.9. The zero-order valence-corrected chi connectivity index (χ0v) is 16.9. The van der Waals surface area contributed by atoms with Crippen molar-refractivity contribution in [2.45, 2.75) is 12.6 Å². The van der Waals surface area contributed by atoms with Crippen molar-refractivity contribution in [2.24, 2.45) is 4.99 Å². The minimum Gasteiger partial charge on any atom is -0.486 e. The molecule has 0 amide bonds. The van der Waals surface area contributed by atoms with E-state index < -0.39 is 17.7 Å². The van der Waals surface area contributed by atoms with Gasteiger partial charge in [0.25, 0.3) is 0 Å². The van der Waals surface area contributed by atoms with Crippen molar-refractivity contribution in [3.05, 3.63) is 76.4 Å². The standard InChI is InChI=1S/C22H16F2N8O/c23-13-4-5-15(24)16(7-13)33-9-11-2-1-3-12(6-11)19-17-18(27)14(8-25)20(28)31-21(17)32-22(30-19)29-10-26/h1-7,19H,9H2,(H6,27,28,29,30,31,32). The maximum absolute atomic E-state index is 13.9. The summed E-state index contributed by atoms with van der Waals surface area (Å²) in [6, 6.07) is 11.1. The molecule has 1 aliphatic rings. The van der Waals surface area contributed by atoms with E-state index in [0.717, 1.165) is 18.2 Å². The lowest BCUT2D eigenvalue weighted by Crippen LogP contribution is -2.32. The molecule has 164 valence electrons. The van der Waals surface area contributed by atoms with Crippen LogP contribution in [0, 0.1) is 34.4 Å². The first-order valence-corrected chi connectivity index (χ1v) is 9.56. The van der Waals surface area contributed by atoms with Gasteiger partial charge in [-0.2, -0.15) is 10.5 Å². The van der Waals surface area contributed by atoms with E-state index in [4.69, 9.17) is 21.5 Å². The second-order valence-electron chi connectivity index (χ2n) is 7.01. The summed E-state index contributed by atoms with van der Waals surface area (Å²) in [7, 11) is 0. The lowest BCUT2D eigenvalue weighted by Gasteiger charge is -2.26. The van der Waals surface area contributed by atoms with Crippen LogP contribution in [0.3, 0.4) is 0 Å². The van der Waals surface area contributed by atoms with Crippen molar-refractivity contribution in [2.75, 3.05) is 16.8 Å². The number of hydrogen-bond donors (Lipinski definition) is 4. The van der Waals surface area contributed by atoms with Crippen LogP contribution in [-0.4, -0.2) is 10.9 Å². The summed E-state index contributed by atoms with van der Waals surface area (Å²) < 4.78 is 32.7. The van der Waals surface area contributed by atoms with Crippen LogP contribution in [0.1, 0.15) is 28.3 Å². The van der Waals surface area contributed by atoms with Crippen LogP contribution in [0.5, 0.6) is 5.75 Å². The van der Waals surface area contributed by atoms with E-state index in [1.807, 2.05) is 6.07 Å². The number of pyridine rings is 1. The number of ether oxygens (including phenoxy) is 1. The van der Waals surface area contributed by atoms with Gasteiger partial charge in [0.05, 0.1) is 5.69 Å². The smallest absolute Gasteiger partial charge is 0.211 e. The molecule has 2 heterocycles. The van der Waals surface area contributed by atoms with Crippen LogP contribution in [0.2, 0.25) is 0 Å². The number of nitrogens with two attached hydrogens (primary N) is 2. The lowest BCUT2D eigenvalue weighted by atomic mass is 9.94. The summed E-state index contributed by atoms with van der Waals surface area (Å²) >= 11 is 0. The Kier molecular flexibility index (Phi) is 5.62. The Hall–Kier alpha value is -4.90. The second-order valence-corrected chi connectivity index (χ2v) is 7.01. The first-order valence-electron chi connectivity index (χ1n) is 9.56. The van der Waals surface area contributed by atoms with E-state index >= 15 is 0 Å². The number of benzene rings is 2. The van der Waals surface area contributed by atoms with Gasteiger partial charge in [-0.25, -0.2) is 18.8 Å². The Bertz CT molecular complexity index is 1360. The summed E-state index contributed by atoms with van der Waals surface area (Å²) in [5, 5.41) is 23.7. The molecule has 4 rings (SSSR count). The molecule has 1 aliphatic heterocycles. The molecule has 1 aromatic heterocycles. The fourth-order valence-corrected chi connectivity index (χ4v) is 3.42. The van der Waals surface area contributed by atoms with Gasteiger partial charge in [0.1, 0.15) is 41.7 Å². The molecule has 0 bridgehead atoms. The number of nitrogen functional groups attached to an aromatic ring is 2. The van der Waals surface area contributed by atoms with Gasteiger partial charge in [0.15, 0.2) is 17.8 Å². The van der Waals surface area contributed by atoms with E-state index in [1.54, 1.807) is 30.5 Å². The number of nitrogens with zero attached hydrogens (tertiary/aromatic N) is 4. The first kappa shape index (κ1) is 21.3. The Morgan fingerprint density at radius 1 is 1.15 bits per heavy atom. The molecule has 33 heavy (non-hydrogen) atoms. The number of guanidine groups is 1. The molecule has 6 N–H and O–H groups in total. The number of halogens is 2. The number of nitriles is 2. The van der Waals surface area contributed by atoms with Gasteiger partial charge in [-0.05, 0) is 29.3 Å². The zero-order valence-electron chi connectivity index (χ0n) is 16.9. The average molecular weight is 446 g/mol. The molecule has 1 atom stereocenters. The molecule has 0 radical (unpaired) electrons. The van der Waals surface area contributed by atoms with Gasteiger partial charge < -0.3 is 21.5 Å². The Morgan fingerprint density at radius 2 is 1.97 bits per heavy atom. The van der Waals surface area contributed by atoms with E-state index in [-0.39, 0.29) is 41.2 Å². The van der Waals surface area contributed by atoms with Crippen molar-refractivity contribution < 1.29 is 13.5 Å². The number of fused-ring (bicyclic) bond motifs is 1. The summed E-state index contributed by atoms with van der Waals surface area (Å²) in [6.45, 7) is -0.0437. The predicted octanol–water partition coefficient (Wildman–Crippen LogP) is 2.92. The largest absolute Gasteiger partial charge is 0.486 e. The Morgan fingerprint density at radius 3 is 2.73 bits per heavy atom. The molecular formula is C22H16F2N8O. The summed E-state index contributed by atoms with van der Waals surface area (Å²) in [5.74, 6) is -1.20. The number of anilines is 3. The number of aliphatic imine (C=N–C) groups is 1. The molecule has 9 nitrogen and oxygen atoms in total. The molecular weight excluding hydrogens is 430 g/mol. The molecule has 1 unspecified atom stereocenters. The van der Waals surface area contributed by atoms with Crippen molar-refractivity contribution in [1.29, 1.82) is 10.5 Å². The molecule has 11 heteroatoms.